The van der Waals surface area contributed by atoms with Crippen molar-refractivity contribution in [2.75, 3.05) is 14.2 Å². The number of carbonyl (C=O) groups excluding carboxylic acids is 2. The molecule has 0 aliphatic rings. The number of ketones is 1. The summed E-state index contributed by atoms with van der Waals surface area (Å²) < 4.78 is 9.61. The van der Waals surface area contributed by atoms with Crippen LogP contribution in [0.1, 0.15) is 21.5 Å². The summed E-state index contributed by atoms with van der Waals surface area (Å²) in [6.07, 6.45) is 0. The van der Waals surface area contributed by atoms with Gasteiger partial charge in [-0.15, -0.1) is 11.6 Å². The first kappa shape index (κ1) is 14.5. The lowest BCUT2D eigenvalue weighted by atomic mass is 9.97. The van der Waals surface area contributed by atoms with Gasteiger partial charge >= 0.3 is 5.97 Å². The van der Waals surface area contributed by atoms with E-state index >= 15 is 0 Å². The van der Waals surface area contributed by atoms with Gasteiger partial charge < -0.3 is 9.47 Å². The minimum Gasteiger partial charge on any atom is -0.496 e. The number of rotatable bonds is 4. The molecule has 0 heterocycles. The molecule has 0 radical (unpaired) electrons. The molecule has 0 saturated heterocycles. The van der Waals surface area contributed by atoms with E-state index in [0.29, 0.717) is 11.3 Å². The van der Waals surface area contributed by atoms with Gasteiger partial charge in [-0.1, -0.05) is 0 Å². The molecule has 0 amide bonds. The van der Waals surface area contributed by atoms with Crippen molar-refractivity contribution in [2.24, 2.45) is 0 Å². The normalized spacial score (nSPS) is 11.8. The Bertz CT molecular complexity index is 482. The lowest BCUT2D eigenvalue weighted by molar-refractivity contribution is -0.139. The van der Waals surface area contributed by atoms with Crippen molar-refractivity contribution >= 4 is 23.4 Å². The van der Waals surface area contributed by atoms with E-state index in [0.717, 1.165) is 11.1 Å². The Morgan fingerprint density at radius 2 is 1.78 bits per heavy atom. The van der Waals surface area contributed by atoms with Crippen molar-refractivity contribution in [3.05, 3.63) is 28.8 Å². The number of halogens is 1. The molecule has 0 spiro atoms. The first-order valence-corrected chi connectivity index (χ1v) is 5.78. The molecular formula is C13H15ClO4. The molecule has 98 valence electrons. The molecule has 18 heavy (non-hydrogen) atoms. The van der Waals surface area contributed by atoms with Crippen LogP contribution in [0.15, 0.2) is 12.1 Å². The van der Waals surface area contributed by atoms with E-state index in [1.807, 2.05) is 6.92 Å². The first-order chi connectivity index (χ1) is 8.43. The smallest absolute Gasteiger partial charge is 0.331 e. The minimum atomic E-state index is -1.32. The lowest BCUT2D eigenvalue weighted by Gasteiger charge is -2.13. The summed E-state index contributed by atoms with van der Waals surface area (Å²) in [7, 11) is 2.75. The van der Waals surface area contributed by atoms with Gasteiger partial charge in [0, 0.05) is 5.56 Å². The fourth-order valence-electron chi connectivity index (χ4n) is 1.63. The Hall–Kier alpha value is -1.55. The maximum absolute atomic E-state index is 12.0. The summed E-state index contributed by atoms with van der Waals surface area (Å²) in [5.41, 5.74) is 1.99. The molecule has 0 aliphatic carbocycles. The third kappa shape index (κ3) is 2.64. The average molecular weight is 271 g/mol. The molecule has 1 atom stereocenters. The number of methoxy groups -OCH3 is 2. The highest BCUT2D eigenvalue weighted by Gasteiger charge is 2.27. The third-order valence-electron chi connectivity index (χ3n) is 2.86. The van der Waals surface area contributed by atoms with Crippen molar-refractivity contribution in [3.8, 4) is 5.75 Å². The number of hydrogen-bond donors (Lipinski definition) is 0. The van der Waals surface area contributed by atoms with Crippen molar-refractivity contribution < 1.29 is 19.1 Å². The van der Waals surface area contributed by atoms with E-state index in [-0.39, 0.29) is 0 Å². The standard InChI is InChI=1S/C13H15ClO4/c1-7-8(2)10(17-3)6-5-9(7)12(15)11(14)13(16)18-4/h5-6,11H,1-4H3. The summed E-state index contributed by atoms with van der Waals surface area (Å²) >= 11 is 5.76. The van der Waals surface area contributed by atoms with E-state index in [9.17, 15) is 9.59 Å². The van der Waals surface area contributed by atoms with Gasteiger partial charge in [0.2, 0.25) is 0 Å². The fraction of sp³-hybridized carbons (Fsp3) is 0.385. The second kappa shape index (κ2) is 5.87. The van der Waals surface area contributed by atoms with Crippen LogP contribution in [-0.4, -0.2) is 31.3 Å². The fourth-order valence-corrected chi connectivity index (χ4v) is 1.84. The van der Waals surface area contributed by atoms with Gasteiger partial charge in [-0.05, 0) is 37.1 Å². The number of esters is 1. The second-order valence-corrected chi connectivity index (χ2v) is 4.25. The molecular weight excluding hydrogens is 256 g/mol. The van der Waals surface area contributed by atoms with E-state index < -0.39 is 17.1 Å². The Kier molecular flexibility index (Phi) is 4.73. The third-order valence-corrected chi connectivity index (χ3v) is 3.24. The Morgan fingerprint density at radius 3 is 2.28 bits per heavy atom. The van der Waals surface area contributed by atoms with Crippen LogP contribution >= 0.6 is 11.6 Å². The Labute approximate surface area is 111 Å². The van der Waals surface area contributed by atoms with Gasteiger partial charge in [0.25, 0.3) is 0 Å². The number of ether oxygens (including phenoxy) is 2. The lowest BCUT2D eigenvalue weighted by Crippen LogP contribution is -2.26. The summed E-state index contributed by atoms with van der Waals surface area (Å²) in [6, 6.07) is 3.28. The molecule has 0 fully saturated rings. The van der Waals surface area contributed by atoms with E-state index in [4.69, 9.17) is 16.3 Å². The van der Waals surface area contributed by atoms with E-state index in [1.54, 1.807) is 26.2 Å². The number of alkyl halides is 1. The van der Waals surface area contributed by atoms with Crippen molar-refractivity contribution in [1.29, 1.82) is 0 Å². The van der Waals surface area contributed by atoms with Gasteiger partial charge in [0.1, 0.15) is 5.75 Å². The molecule has 1 rings (SSSR count). The van der Waals surface area contributed by atoms with Gasteiger partial charge in [0.05, 0.1) is 14.2 Å². The number of hydrogen-bond acceptors (Lipinski definition) is 4. The summed E-state index contributed by atoms with van der Waals surface area (Å²) in [4.78, 5) is 23.3. The zero-order chi connectivity index (χ0) is 13.9. The molecule has 0 aromatic heterocycles. The van der Waals surface area contributed by atoms with Crippen LogP contribution in [-0.2, 0) is 9.53 Å². The maximum atomic E-state index is 12.0. The van der Waals surface area contributed by atoms with Crippen LogP contribution in [0.5, 0.6) is 5.75 Å². The molecule has 1 unspecified atom stereocenters. The van der Waals surface area contributed by atoms with Gasteiger partial charge in [-0.25, -0.2) is 4.79 Å². The highest BCUT2D eigenvalue weighted by Crippen LogP contribution is 2.25. The van der Waals surface area contributed by atoms with Gasteiger partial charge in [-0.3, -0.25) is 4.79 Å². The zero-order valence-corrected chi connectivity index (χ0v) is 11.5. The highest BCUT2D eigenvalue weighted by atomic mass is 35.5. The quantitative estimate of drug-likeness (QED) is 0.365. The predicted molar refractivity (Wildman–Crippen MR) is 68.5 cm³/mol. The summed E-state index contributed by atoms with van der Waals surface area (Å²) in [6.45, 7) is 3.62. The number of carbonyl (C=O) groups is 2. The van der Waals surface area contributed by atoms with E-state index in [1.165, 1.54) is 7.11 Å². The maximum Gasteiger partial charge on any atom is 0.331 e. The molecule has 4 nitrogen and oxygen atoms in total. The monoisotopic (exact) mass is 270 g/mol. The topological polar surface area (TPSA) is 52.6 Å². The van der Waals surface area contributed by atoms with Crippen LogP contribution in [0.25, 0.3) is 0 Å². The van der Waals surface area contributed by atoms with Crippen LogP contribution in [0.4, 0.5) is 0 Å². The zero-order valence-electron chi connectivity index (χ0n) is 10.7. The average Bonchev–Trinajstić information content (AvgIpc) is 2.39. The van der Waals surface area contributed by atoms with E-state index in [2.05, 4.69) is 4.74 Å². The van der Waals surface area contributed by atoms with Crippen LogP contribution < -0.4 is 4.74 Å². The predicted octanol–water partition coefficient (Wildman–Crippen LogP) is 2.28. The van der Waals surface area contributed by atoms with Crippen LogP contribution in [0.2, 0.25) is 0 Å². The number of Topliss-reactive ketones (excluding diaryl/α,β-unsaturated/α-hetero) is 1. The van der Waals surface area contributed by atoms with Gasteiger partial charge in [0.15, 0.2) is 11.2 Å². The Balaban J connectivity index is 3.15. The van der Waals surface area contributed by atoms with Crippen molar-refractivity contribution in [1.82, 2.24) is 0 Å². The van der Waals surface area contributed by atoms with Crippen molar-refractivity contribution in [3.63, 3.8) is 0 Å². The molecule has 1 aromatic carbocycles. The molecule has 0 bridgehead atoms. The molecule has 0 aliphatic heterocycles. The summed E-state index contributed by atoms with van der Waals surface area (Å²) in [5.74, 6) is -0.533. The number of benzene rings is 1. The molecule has 1 aromatic rings. The molecule has 0 N–H and O–H groups in total. The minimum absolute atomic E-state index is 0.402. The largest absolute Gasteiger partial charge is 0.496 e. The molecule has 0 saturated carbocycles. The Morgan fingerprint density at radius 1 is 1.17 bits per heavy atom. The highest BCUT2D eigenvalue weighted by molar-refractivity contribution is 6.43. The van der Waals surface area contributed by atoms with Gasteiger partial charge in [-0.2, -0.15) is 0 Å². The second-order valence-electron chi connectivity index (χ2n) is 3.82. The first-order valence-electron chi connectivity index (χ1n) is 5.34. The molecule has 5 heteroatoms. The van der Waals surface area contributed by atoms with Crippen LogP contribution in [0, 0.1) is 13.8 Å². The van der Waals surface area contributed by atoms with Crippen molar-refractivity contribution in [2.45, 2.75) is 19.2 Å². The van der Waals surface area contributed by atoms with Crippen LogP contribution in [0.3, 0.4) is 0 Å². The SMILES string of the molecule is COC(=O)C(Cl)C(=O)c1ccc(OC)c(C)c1C. The summed E-state index contributed by atoms with van der Waals surface area (Å²) in [5, 5.41) is -1.32.